The summed E-state index contributed by atoms with van der Waals surface area (Å²) in [5.41, 5.74) is 6.53. The van der Waals surface area contributed by atoms with E-state index in [2.05, 4.69) is 29.7 Å². The van der Waals surface area contributed by atoms with Crippen LogP contribution >= 0.6 is 0 Å². The van der Waals surface area contributed by atoms with Crippen LogP contribution in [0.1, 0.15) is 29.5 Å². The van der Waals surface area contributed by atoms with Crippen LogP contribution in [0.2, 0.25) is 0 Å². The molecule has 2 aromatic rings. The fourth-order valence-corrected chi connectivity index (χ4v) is 3.24. The fourth-order valence-electron chi connectivity index (χ4n) is 3.24. The van der Waals surface area contributed by atoms with Gasteiger partial charge in [0.2, 0.25) is 0 Å². The van der Waals surface area contributed by atoms with E-state index in [1.807, 2.05) is 19.1 Å². The van der Waals surface area contributed by atoms with Crippen molar-refractivity contribution in [3.8, 4) is 0 Å². The van der Waals surface area contributed by atoms with Crippen LogP contribution in [0.4, 0.5) is 4.39 Å². The Labute approximate surface area is 125 Å². The molecule has 1 aliphatic carbocycles. The summed E-state index contributed by atoms with van der Waals surface area (Å²) in [4.78, 5) is 0. The standard InChI is InChI=1S/C18H21FN2/c1-13-7-8-16(19)11-14(13)12-17(21-20)18(9-10-18)15-5-3-2-4-6-15/h2-8,11,17,21H,9-10,12,20H2,1H3. The van der Waals surface area contributed by atoms with Crippen molar-refractivity contribution >= 4 is 0 Å². The predicted molar refractivity (Wildman–Crippen MR) is 83.3 cm³/mol. The van der Waals surface area contributed by atoms with E-state index in [-0.39, 0.29) is 17.3 Å². The van der Waals surface area contributed by atoms with Crippen LogP contribution in [-0.4, -0.2) is 6.04 Å². The monoisotopic (exact) mass is 284 g/mol. The molecule has 2 aromatic carbocycles. The predicted octanol–water partition coefficient (Wildman–Crippen LogP) is 3.24. The summed E-state index contributed by atoms with van der Waals surface area (Å²) in [5.74, 6) is 5.64. The van der Waals surface area contributed by atoms with Gasteiger partial charge in [0.25, 0.3) is 0 Å². The maximum atomic E-state index is 13.5. The van der Waals surface area contributed by atoms with Gasteiger partial charge in [0.15, 0.2) is 0 Å². The van der Waals surface area contributed by atoms with Crippen LogP contribution in [0.25, 0.3) is 0 Å². The molecule has 2 nitrogen and oxygen atoms in total. The van der Waals surface area contributed by atoms with E-state index in [0.29, 0.717) is 0 Å². The molecular formula is C18H21FN2. The molecule has 1 atom stereocenters. The van der Waals surface area contributed by atoms with E-state index >= 15 is 0 Å². The molecule has 0 aromatic heterocycles. The molecule has 0 amide bonds. The van der Waals surface area contributed by atoms with E-state index in [1.54, 1.807) is 6.07 Å². The summed E-state index contributed by atoms with van der Waals surface area (Å²) >= 11 is 0. The average molecular weight is 284 g/mol. The number of hydrazine groups is 1. The Morgan fingerprint density at radius 3 is 2.52 bits per heavy atom. The second-order valence-corrected chi connectivity index (χ2v) is 6.02. The van der Waals surface area contributed by atoms with Gasteiger partial charge in [-0.15, -0.1) is 0 Å². The number of aryl methyl sites for hydroxylation is 1. The van der Waals surface area contributed by atoms with Gasteiger partial charge in [-0.25, -0.2) is 4.39 Å². The fraction of sp³-hybridized carbons (Fsp3) is 0.333. The molecule has 0 bridgehead atoms. The lowest BCUT2D eigenvalue weighted by Gasteiger charge is -2.27. The highest BCUT2D eigenvalue weighted by molar-refractivity contribution is 5.36. The summed E-state index contributed by atoms with van der Waals surface area (Å²) in [6, 6.07) is 15.6. The molecule has 0 radical (unpaired) electrons. The molecule has 21 heavy (non-hydrogen) atoms. The minimum Gasteiger partial charge on any atom is -0.271 e. The Morgan fingerprint density at radius 1 is 1.19 bits per heavy atom. The van der Waals surface area contributed by atoms with Gasteiger partial charge in [-0.1, -0.05) is 36.4 Å². The molecule has 3 N–H and O–H groups in total. The van der Waals surface area contributed by atoms with Crippen LogP contribution < -0.4 is 11.3 Å². The molecule has 1 aliphatic rings. The quantitative estimate of drug-likeness (QED) is 0.653. The highest BCUT2D eigenvalue weighted by atomic mass is 19.1. The topological polar surface area (TPSA) is 38.0 Å². The molecule has 0 spiro atoms. The second-order valence-electron chi connectivity index (χ2n) is 6.02. The van der Waals surface area contributed by atoms with Gasteiger partial charge in [0.05, 0.1) is 0 Å². The maximum absolute atomic E-state index is 13.5. The molecule has 3 heteroatoms. The Balaban J connectivity index is 1.88. The number of halogens is 1. The first-order valence-corrected chi connectivity index (χ1v) is 7.42. The molecule has 1 saturated carbocycles. The van der Waals surface area contributed by atoms with E-state index in [9.17, 15) is 4.39 Å². The molecule has 1 unspecified atom stereocenters. The van der Waals surface area contributed by atoms with Gasteiger partial charge in [0.1, 0.15) is 5.82 Å². The van der Waals surface area contributed by atoms with Crippen LogP contribution in [0.5, 0.6) is 0 Å². The zero-order valence-corrected chi connectivity index (χ0v) is 12.3. The third-order valence-corrected chi connectivity index (χ3v) is 4.74. The smallest absolute Gasteiger partial charge is 0.123 e. The van der Waals surface area contributed by atoms with Crippen LogP contribution in [0, 0.1) is 12.7 Å². The molecule has 0 saturated heterocycles. The summed E-state index contributed by atoms with van der Waals surface area (Å²) in [5, 5.41) is 0. The summed E-state index contributed by atoms with van der Waals surface area (Å²) in [7, 11) is 0. The summed E-state index contributed by atoms with van der Waals surface area (Å²) in [6.07, 6.45) is 3.00. The lowest BCUT2D eigenvalue weighted by Crippen LogP contribution is -2.45. The Hall–Kier alpha value is -1.71. The Morgan fingerprint density at radius 2 is 1.90 bits per heavy atom. The van der Waals surface area contributed by atoms with Crippen LogP contribution in [0.3, 0.4) is 0 Å². The first kappa shape index (κ1) is 14.2. The van der Waals surface area contributed by atoms with Crippen LogP contribution in [-0.2, 0) is 11.8 Å². The number of nitrogens with two attached hydrogens (primary N) is 1. The zero-order chi connectivity index (χ0) is 14.9. The highest BCUT2D eigenvalue weighted by Crippen LogP contribution is 2.51. The second kappa shape index (κ2) is 5.58. The first-order valence-electron chi connectivity index (χ1n) is 7.42. The largest absolute Gasteiger partial charge is 0.271 e. The van der Waals surface area contributed by atoms with Gasteiger partial charge >= 0.3 is 0 Å². The SMILES string of the molecule is Cc1ccc(F)cc1CC(NN)C1(c2ccccc2)CC1. The first-order chi connectivity index (χ1) is 10.2. The Kier molecular flexibility index (Phi) is 3.79. The van der Waals surface area contributed by atoms with Crippen molar-refractivity contribution in [2.75, 3.05) is 0 Å². The van der Waals surface area contributed by atoms with Crippen molar-refractivity contribution < 1.29 is 4.39 Å². The van der Waals surface area contributed by atoms with E-state index in [1.165, 1.54) is 11.6 Å². The van der Waals surface area contributed by atoms with Gasteiger partial charge in [-0.05, 0) is 55.0 Å². The molecule has 110 valence electrons. The normalized spacial score (nSPS) is 17.5. The van der Waals surface area contributed by atoms with E-state index in [4.69, 9.17) is 5.84 Å². The van der Waals surface area contributed by atoms with Crippen molar-refractivity contribution in [3.63, 3.8) is 0 Å². The third kappa shape index (κ3) is 2.71. The van der Waals surface area contributed by atoms with Gasteiger partial charge in [-0.2, -0.15) is 0 Å². The highest BCUT2D eigenvalue weighted by Gasteiger charge is 2.50. The van der Waals surface area contributed by atoms with Crippen molar-refractivity contribution in [2.24, 2.45) is 5.84 Å². The number of hydrogen-bond acceptors (Lipinski definition) is 2. The minimum atomic E-state index is -0.184. The molecule has 0 heterocycles. The molecule has 1 fully saturated rings. The minimum absolute atomic E-state index is 0.0920. The molecule has 3 rings (SSSR count). The van der Waals surface area contributed by atoms with Crippen molar-refractivity contribution in [3.05, 3.63) is 71.0 Å². The van der Waals surface area contributed by atoms with Crippen molar-refractivity contribution in [2.45, 2.75) is 37.6 Å². The van der Waals surface area contributed by atoms with Gasteiger partial charge < -0.3 is 0 Å². The van der Waals surface area contributed by atoms with Gasteiger partial charge in [-0.3, -0.25) is 11.3 Å². The van der Waals surface area contributed by atoms with Crippen molar-refractivity contribution in [1.29, 1.82) is 0 Å². The lowest BCUT2D eigenvalue weighted by molar-refractivity contribution is 0.419. The zero-order valence-electron chi connectivity index (χ0n) is 12.3. The Bertz CT molecular complexity index is 620. The number of hydrogen-bond donors (Lipinski definition) is 2. The number of benzene rings is 2. The average Bonchev–Trinajstić information content (AvgIpc) is 3.31. The number of rotatable bonds is 5. The van der Waals surface area contributed by atoms with E-state index < -0.39 is 0 Å². The van der Waals surface area contributed by atoms with Crippen LogP contribution in [0.15, 0.2) is 48.5 Å². The lowest BCUT2D eigenvalue weighted by atomic mass is 9.84. The maximum Gasteiger partial charge on any atom is 0.123 e. The summed E-state index contributed by atoms with van der Waals surface area (Å²) < 4.78 is 13.5. The van der Waals surface area contributed by atoms with Crippen molar-refractivity contribution in [1.82, 2.24) is 5.43 Å². The number of nitrogens with one attached hydrogen (secondary N) is 1. The van der Waals surface area contributed by atoms with E-state index in [0.717, 1.165) is 30.4 Å². The molecular weight excluding hydrogens is 263 g/mol. The molecule has 0 aliphatic heterocycles. The summed E-state index contributed by atoms with van der Waals surface area (Å²) in [6.45, 7) is 2.02. The third-order valence-electron chi connectivity index (χ3n) is 4.74. The van der Waals surface area contributed by atoms with Gasteiger partial charge in [0, 0.05) is 11.5 Å².